The van der Waals surface area contributed by atoms with Crippen molar-refractivity contribution in [3.05, 3.63) is 88.3 Å². The minimum atomic E-state index is -0.412. The first-order valence-electron chi connectivity index (χ1n) is 9.35. The number of aromatic nitrogens is 2. The molecule has 0 saturated carbocycles. The molecule has 0 amide bonds. The maximum absolute atomic E-state index is 13.0. The molecule has 0 aliphatic rings. The number of hydrogen-bond donors (Lipinski definition) is 0. The summed E-state index contributed by atoms with van der Waals surface area (Å²) >= 11 is 0. The number of benzene rings is 2. The molecule has 2 aromatic carbocycles. The zero-order valence-corrected chi connectivity index (χ0v) is 16.2. The van der Waals surface area contributed by atoms with E-state index in [1.54, 1.807) is 54.7 Å². The van der Waals surface area contributed by atoms with Crippen LogP contribution in [0, 0.1) is 0 Å². The van der Waals surface area contributed by atoms with Crippen molar-refractivity contribution in [2.45, 2.75) is 26.6 Å². The Balaban J connectivity index is 1.65. The lowest BCUT2D eigenvalue weighted by Crippen LogP contribution is -2.16. The second kappa shape index (κ2) is 7.75. The third-order valence-corrected chi connectivity index (χ3v) is 4.39. The number of fused-ring (bicyclic) bond motifs is 2. The summed E-state index contributed by atoms with van der Waals surface area (Å²) in [6.07, 6.45) is 1.66. The Labute approximate surface area is 167 Å². The summed E-state index contributed by atoms with van der Waals surface area (Å²) in [5, 5.41) is 0.471. The summed E-state index contributed by atoms with van der Waals surface area (Å²) in [7, 11) is 0. The Morgan fingerprint density at radius 2 is 1.86 bits per heavy atom. The van der Waals surface area contributed by atoms with Crippen LogP contribution in [0.1, 0.15) is 29.8 Å². The van der Waals surface area contributed by atoms with Gasteiger partial charge in [-0.05, 0) is 50.2 Å². The van der Waals surface area contributed by atoms with Crippen LogP contribution in [0.15, 0.2) is 71.7 Å². The standard InChI is InChI=1S/C23H20N2O4/c1-15(2)29-18-9-10-20-19(12-18)22(26)25-13-16(8-11-21(25)24-20)14-28-23(27)17-6-4-3-5-7-17/h3-13,15H,14H2,1-2H3. The Morgan fingerprint density at radius 1 is 1.07 bits per heavy atom. The number of carbonyl (C=O) groups excluding carboxylic acids is 1. The second-order valence-corrected chi connectivity index (χ2v) is 6.97. The summed E-state index contributed by atoms with van der Waals surface area (Å²) in [6, 6.07) is 17.6. The fraction of sp³-hybridized carbons (Fsp3) is 0.174. The number of ether oxygens (including phenoxy) is 2. The van der Waals surface area contributed by atoms with Gasteiger partial charge in [-0.1, -0.05) is 24.3 Å². The van der Waals surface area contributed by atoms with Gasteiger partial charge >= 0.3 is 5.97 Å². The molecule has 2 heterocycles. The maximum Gasteiger partial charge on any atom is 0.338 e. The molecule has 0 aliphatic heterocycles. The second-order valence-electron chi connectivity index (χ2n) is 6.97. The molecule has 0 N–H and O–H groups in total. The summed E-state index contributed by atoms with van der Waals surface area (Å²) in [5.74, 6) is 0.212. The largest absolute Gasteiger partial charge is 0.491 e. The lowest BCUT2D eigenvalue weighted by Gasteiger charge is -2.11. The van der Waals surface area contributed by atoms with Crippen molar-refractivity contribution >= 4 is 22.5 Å². The zero-order valence-electron chi connectivity index (χ0n) is 16.2. The predicted octanol–water partition coefficient (Wildman–Crippen LogP) is 3.99. The number of esters is 1. The number of carbonyl (C=O) groups is 1. The topological polar surface area (TPSA) is 69.9 Å². The van der Waals surface area contributed by atoms with E-state index in [1.165, 1.54) is 4.40 Å². The van der Waals surface area contributed by atoms with E-state index in [-0.39, 0.29) is 18.3 Å². The van der Waals surface area contributed by atoms with Crippen LogP contribution in [0.4, 0.5) is 0 Å². The lowest BCUT2D eigenvalue weighted by molar-refractivity contribution is 0.0472. The van der Waals surface area contributed by atoms with Gasteiger partial charge in [0.15, 0.2) is 0 Å². The first-order valence-corrected chi connectivity index (χ1v) is 9.35. The minimum absolute atomic E-state index is 0.00882. The molecule has 4 rings (SSSR count). The van der Waals surface area contributed by atoms with Crippen LogP contribution < -0.4 is 10.3 Å². The van der Waals surface area contributed by atoms with Gasteiger partial charge in [0, 0.05) is 11.8 Å². The molecule has 6 nitrogen and oxygen atoms in total. The van der Waals surface area contributed by atoms with Gasteiger partial charge in [0.2, 0.25) is 0 Å². The van der Waals surface area contributed by atoms with E-state index in [4.69, 9.17) is 9.47 Å². The highest BCUT2D eigenvalue weighted by Gasteiger charge is 2.10. The molecule has 4 aromatic rings. The fourth-order valence-corrected chi connectivity index (χ4v) is 3.07. The maximum atomic E-state index is 13.0. The molecule has 0 radical (unpaired) electrons. The van der Waals surface area contributed by atoms with Crippen LogP contribution in [0.2, 0.25) is 0 Å². The zero-order chi connectivity index (χ0) is 20.4. The van der Waals surface area contributed by atoms with Gasteiger partial charge in [0.05, 0.1) is 22.6 Å². The minimum Gasteiger partial charge on any atom is -0.491 e. The van der Waals surface area contributed by atoms with E-state index in [9.17, 15) is 9.59 Å². The average Bonchev–Trinajstić information content (AvgIpc) is 2.73. The molecular formula is C23H20N2O4. The van der Waals surface area contributed by atoms with Gasteiger partial charge < -0.3 is 9.47 Å². The first kappa shape index (κ1) is 18.7. The molecule has 0 saturated heterocycles. The van der Waals surface area contributed by atoms with Gasteiger partial charge in [0.25, 0.3) is 5.56 Å². The molecule has 2 aromatic heterocycles. The Kier molecular flexibility index (Phi) is 4.99. The van der Waals surface area contributed by atoms with Crippen LogP contribution in [0.5, 0.6) is 5.75 Å². The molecule has 0 spiro atoms. The highest BCUT2D eigenvalue weighted by molar-refractivity contribution is 5.89. The van der Waals surface area contributed by atoms with Crippen molar-refractivity contribution in [2.24, 2.45) is 0 Å². The monoisotopic (exact) mass is 388 g/mol. The lowest BCUT2D eigenvalue weighted by atomic mass is 10.2. The number of nitrogens with zero attached hydrogens (tertiary/aromatic N) is 2. The van der Waals surface area contributed by atoms with E-state index >= 15 is 0 Å². The van der Waals surface area contributed by atoms with Crippen LogP contribution in [0.3, 0.4) is 0 Å². The van der Waals surface area contributed by atoms with Gasteiger partial charge in [0.1, 0.15) is 18.0 Å². The van der Waals surface area contributed by atoms with Crippen LogP contribution >= 0.6 is 0 Å². The molecule has 0 atom stereocenters. The van der Waals surface area contributed by atoms with Crippen molar-refractivity contribution in [3.63, 3.8) is 0 Å². The summed E-state index contributed by atoms with van der Waals surface area (Å²) in [6.45, 7) is 3.92. The smallest absolute Gasteiger partial charge is 0.338 e. The molecule has 0 fully saturated rings. The van der Waals surface area contributed by atoms with Crippen molar-refractivity contribution in [3.8, 4) is 5.75 Å². The SMILES string of the molecule is CC(C)Oc1ccc2nc3ccc(COC(=O)c4ccccc4)cn3c(=O)c2c1. The van der Waals surface area contributed by atoms with Crippen molar-refractivity contribution in [1.82, 2.24) is 9.38 Å². The van der Waals surface area contributed by atoms with Gasteiger partial charge in [-0.15, -0.1) is 0 Å². The quantitative estimate of drug-likeness (QED) is 0.382. The van der Waals surface area contributed by atoms with E-state index in [2.05, 4.69) is 4.98 Å². The Bertz CT molecular complexity index is 1250. The van der Waals surface area contributed by atoms with E-state index < -0.39 is 5.97 Å². The third kappa shape index (κ3) is 3.96. The number of pyridine rings is 1. The van der Waals surface area contributed by atoms with Crippen molar-refractivity contribution < 1.29 is 14.3 Å². The molecule has 0 unspecified atom stereocenters. The molecule has 6 heteroatoms. The fourth-order valence-electron chi connectivity index (χ4n) is 3.07. The normalized spacial score (nSPS) is 11.1. The van der Waals surface area contributed by atoms with Crippen molar-refractivity contribution in [2.75, 3.05) is 0 Å². The van der Waals surface area contributed by atoms with Gasteiger partial charge in [-0.3, -0.25) is 9.20 Å². The third-order valence-electron chi connectivity index (χ3n) is 4.39. The average molecular weight is 388 g/mol. The van der Waals surface area contributed by atoms with Gasteiger partial charge in [-0.25, -0.2) is 9.78 Å². The summed E-state index contributed by atoms with van der Waals surface area (Å²) in [4.78, 5) is 29.7. The van der Waals surface area contributed by atoms with E-state index in [1.807, 2.05) is 26.0 Å². The number of hydrogen-bond acceptors (Lipinski definition) is 5. The molecule has 0 aliphatic carbocycles. The van der Waals surface area contributed by atoms with Crippen LogP contribution in [0.25, 0.3) is 16.6 Å². The van der Waals surface area contributed by atoms with Gasteiger partial charge in [-0.2, -0.15) is 0 Å². The molecule has 146 valence electrons. The predicted molar refractivity (Wildman–Crippen MR) is 110 cm³/mol. The van der Waals surface area contributed by atoms with Crippen molar-refractivity contribution in [1.29, 1.82) is 0 Å². The van der Waals surface area contributed by atoms with Crippen LogP contribution in [-0.4, -0.2) is 21.5 Å². The Hall–Kier alpha value is -3.67. The molecule has 0 bridgehead atoms. The van der Waals surface area contributed by atoms with E-state index in [0.717, 1.165) is 0 Å². The van der Waals surface area contributed by atoms with E-state index in [0.29, 0.717) is 33.4 Å². The number of rotatable bonds is 5. The highest BCUT2D eigenvalue weighted by atomic mass is 16.5. The highest BCUT2D eigenvalue weighted by Crippen LogP contribution is 2.19. The molecular weight excluding hydrogens is 368 g/mol. The van der Waals surface area contributed by atoms with Crippen LogP contribution in [-0.2, 0) is 11.3 Å². The Morgan fingerprint density at radius 3 is 2.62 bits per heavy atom. The summed E-state index contributed by atoms with van der Waals surface area (Å²) < 4.78 is 12.5. The molecule has 29 heavy (non-hydrogen) atoms. The first-order chi connectivity index (χ1) is 14.0. The summed E-state index contributed by atoms with van der Waals surface area (Å²) in [5.41, 5.74) is 2.11.